The molecule has 0 aliphatic heterocycles. The number of carbonyl (C=O) groups is 1. The fraction of sp³-hybridized carbons (Fsp3) is 0.318. The van der Waals surface area contributed by atoms with E-state index in [0.29, 0.717) is 22.4 Å². The van der Waals surface area contributed by atoms with E-state index in [4.69, 9.17) is 0 Å². The lowest BCUT2D eigenvalue weighted by molar-refractivity contribution is -0.121. The summed E-state index contributed by atoms with van der Waals surface area (Å²) in [6.07, 6.45) is 4.45. The zero-order valence-electron chi connectivity index (χ0n) is 15.5. The third-order valence-electron chi connectivity index (χ3n) is 5.52. The number of halogens is 1. The van der Waals surface area contributed by atoms with E-state index in [1.807, 2.05) is 6.07 Å². The van der Waals surface area contributed by atoms with Crippen LogP contribution in [0.4, 0.5) is 4.39 Å². The lowest BCUT2D eigenvalue weighted by Gasteiger charge is -2.25. The van der Waals surface area contributed by atoms with Crippen LogP contribution < -0.4 is 10.9 Å². The highest BCUT2D eigenvalue weighted by Gasteiger charge is 2.28. The molecule has 2 N–H and O–H groups in total. The molecule has 1 saturated carbocycles. The fourth-order valence-corrected chi connectivity index (χ4v) is 4.12. The van der Waals surface area contributed by atoms with Crippen molar-refractivity contribution in [2.45, 2.75) is 38.1 Å². The fourth-order valence-electron chi connectivity index (χ4n) is 4.12. The molecule has 5 nitrogen and oxygen atoms in total. The topological polar surface area (TPSA) is 74.8 Å². The molecule has 2 aromatic carbocycles. The van der Waals surface area contributed by atoms with Crippen molar-refractivity contribution < 1.29 is 9.18 Å². The first-order chi connectivity index (χ1) is 13.6. The standard InChI is InChI=1S/C22H22FN3O2/c23-16-11-9-15(10-12-16)21(14-5-1-2-6-14)24-20(27)13-19-17-7-3-4-8-18(17)22(28)26-25-19/h3-4,7-12,14,21H,1-2,5-6,13H2,(H,24,27)(H,26,28)/t21-/m1/s1. The number of hydrogen-bond acceptors (Lipinski definition) is 3. The SMILES string of the molecule is O=C(Cc1n[nH]c(=O)c2ccccc12)N[C@@H](c1ccc(F)cc1)C1CCCC1. The molecule has 1 atom stereocenters. The molecule has 1 aliphatic rings. The van der Waals surface area contributed by atoms with Crippen molar-refractivity contribution in [3.05, 3.63) is 76.0 Å². The molecule has 28 heavy (non-hydrogen) atoms. The van der Waals surface area contributed by atoms with Crippen molar-refractivity contribution in [2.75, 3.05) is 0 Å². The van der Waals surface area contributed by atoms with E-state index in [9.17, 15) is 14.0 Å². The molecular formula is C22H22FN3O2. The van der Waals surface area contributed by atoms with Crippen LogP contribution in [0, 0.1) is 11.7 Å². The van der Waals surface area contributed by atoms with Gasteiger partial charge in [0.05, 0.1) is 23.5 Å². The molecule has 0 spiro atoms. The molecule has 144 valence electrons. The van der Waals surface area contributed by atoms with Gasteiger partial charge in [-0.25, -0.2) is 9.49 Å². The van der Waals surface area contributed by atoms with E-state index >= 15 is 0 Å². The van der Waals surface area contributed by atoms with Gasteiger partial charge in [-0.05, 0) is 42.5 Å². The number of rotatable bonds is 5. The van der Waals surface area contributed by atoms with Crippen molar-refractivity contribution in [1.29, 1.82) is 0 Å². The molecule has 3 aromatic rings. The monoisotopic (exact) mass is 379 g/mol. The van der Waals surface area contributed by atoms with Crippen LogP contribution in [0.25, 0.3) is 10.8 Å². The molecule has 0 radical (unpaired) electrons. The summed E-state index contributed by atoms with van der Waals surface area (Å²) >= 11 is 0. The summed E-state index contributed by atoms with van der Waals surface area (Å²) in [5, 5.41) is 10.9. The zero-order chi connectivity index (χ0) is 19.5. The Balaban J connectivity index is 1.57. The maximum Gasteiger partial charge on any atom is 0.272 e. The summed E-state index contributed by atoms with van der Waals surface area (Å²) in [5.74, 6) is -0.107. The number of nitrogens with one attached hydrogen (secondary N) is 2. The highest BCUT2D eigenvalue weighted by molar-refractivity contribution is 5.88. The summed E-state index contributed by atoms with van der Waals surface area (Å²) in [4.78, 5) is 24.8. The van der Waals surface area contributed by atoms with E-state index in [0.717, 1.165) is 31.2 Å². The molecule has 1 aromatic heterocycles. The number of hydrogen-bond donors (Lipinski definition) is 2. The van der Waals surface area contributed by atoms with Crippen LogP contribution in [0.5, 0.6) is 0 Å². The molecule has 6 heteroatoms. The number of nitrogens with zero attached hydrogens (tertiary/aromatic N) is 1. The second-order valence-electron chi connectivity index (χ2n) is 7.36. The first kappa shape index (κ1) is 18.3. The van der Waals surface area contributed by atoms with Crippen LogP contribution in [-0.4, -0.2) is 16.1 Å². The predicted molar refractivity (Wildman–Crippen MR) is 105 cm³/mol. The smallest absolute Gasteiger partial charge is 0.272 e. The third-order valence-corrected chi connectivity index (χ3v) is 5.52. The molecule has 0 unspecified atom stereocenters. The Morgan fingerprint density at radius 1 is 1.11 bits per heavy atom. The van der Waals surface area contributed by atoms with Gasteiger partial charge < -0.3 is 5.32 Å². The van der Waals surface area contributed by atoms with Crippen molar-refractivity contribution >= 4 is 16.7 Å². The summed E-state index contributed by atoms with van der Waals surface area (Å²) in [7, 11) is 0. The minimum absolute atomic E-state index is 0.0711. The minimum Gasteiger partial charge on any atom is -0.349 e. The lowest BCUT2D eigenvalue weighted by atomic mass is 9.91. The van der Waals surface area contributed by atoms with Gasteiger partial charge in [0.15, 0.2) is 0 Å². The Morgan fingerprint density at radius 2 is 1.79 bits per heavy atom. The predicted octanol–water partition coefficient (Wildman–Crippen LogP) is 3.65. The van der Waals surface area contributed by atoms with Crippen LogP contribution >= 0.6 is 0 Å². The molecule has 1 heterocycles. The summed E-state index contributed by atoms with van der Waals surface area (Å²) < 4.78 is 13.3. The zero-order valence-corrected chi connectivity index (χ0v) is 15.5. The van der Waals surface area contributed by atoms with Crippen LogP contribution in [0.2, 0.25) is 0 Å². The van der Waals surface area contributed by atoms with E-state index in [1.165, 1.54) is 12.1 Å². The van der Waals surface area contributed by atoms with Crippen LogP contribution in [0.1, 0.15) is 43.0 Å². The number of benzene rings is 2. The normalized spacial score (nSPS) is 15.6. The van der Waals surface area contributed by atoms with Gasteiger partial charge in [-0.1, -0.05) is 43.2 Å². The Morgan fingerprint density at radius 3 is 2.50 bits per heavy atom. The van der Waals surface area contributed by atoms with Crippen LogP contribution in [0.3, 0.4) is 0 Å². The van der Waals surface area contributed by atoms with Gasteiger partial charge in [-0.3, -0.25) is 9.59 Å². The van der Waals surface area contributed by atoms with Crippen molar-refractivity contribution in [3.63, 3.8) is 0 Å². The van der Waals surface area contributed by atoms with Crippen molar-refractivity contribution in [1.82, 2.24) is 15.5 Å². The van der Waals surface area contributed by atoms with Crippen molar-refractivity contribution in [3.8, 4) is 0 Å². The van der Waals surface area contributed by atoms with E-state index in [2.05, 4.69) is 15.5 Å². The third kappa shape index (κ3) is 3.81. The van der Waals surface area contributed by atoms with Gasteiger partial charge in [0.2, 0.25) is 5.91 Å². The van der Waals surface area contributed by atoms with Gasteiger partial charge in [0.1, 0.15) is 5.82 Å². The Labute approximate surface area is 162 Å². The van der Waals surface area contributed by atoms with E-state index in [-0.39, 0.29) is 29.7 Å². The van der Waals surface area contributed by atoms with Crippen LogP contribution in [0.15, 0.2) is 53.3 Å². The Kier molecular flexibility index (Phi) is 5.19. The number of H-pyrrole nitrogens is 1. The number of aromatic nitrogens is 2. The average molecular weight is 379 g/mol. The number of carbonyl (C=O) groups excluding carboxylic acids is 1. The first-order valence-electron chi connectivity index (χ1n) is 9.63. The lowest BCUT2D eigenvalue weighted by Crippen LogP contribution is -2.34. The molecule has 1 fully saturated rings. The quantitative estimate of drug-likeness (QED) is 0.711. The first-order valence-corrected chi connectivity index (χ1v) is 9.63. The van der Waals surface area contributed by atoms with E-state index in [1.54, 1.807) is 30.3 Å². The number of aromatic amines is 1. The largest absolute Gasteiger partial charge is 0.349 e. The van der Waals surface area contributed by atoms with E-state index < -0.39 is 0 Å². The highest BCUT2D eigenvalue weighted by atomic mass is 19.1. The Hall–Kier alpha value is -3.02. The van der Waals surface area contributed by atoms with Gasteiger partial charge >= 0.3 is 0 Å². The van der Waals surface area contributed by atoms with Gasteiger partial charge in [-0.15, -0.1) is 0 Å². The van der Waals surface area contributed by atoms with Crippen molar-refractivity contribution in [2.24, 2.45) is 5.92 Å². The number of amides is 1. The maximum absolute atomic E-state index is 13.3. The minimum atomic E-state index is -0.288. The number of fused-ring (bicyclic) bond motifs is 1. The maximum atomic E-state index is 13.3. The van der Waals surface area contributed by atoms with Gasteiger partial charge in [-0.2, -0.15) is 5.10 Å². The summed E-state index contributed by atoms with van der Waals surface area (Å²) in [6, 6.07) is 13.3. The summed E-state index contributed by atoms with van der Waals surface area (Å²) in [6.45, 7) is 0. The van der Waals surface area contributed by atoms with Crippen LogP contribution in [-0.2, 0) is 11.2 Å². The average Bonchev–Trinajstić information content (AvgIpc) is 3.24. The highest BCUT2D eigenvalue weighted by Crippen LogP contribution is 2.35. The van der Waals surface area contributed by atoms with Gasteiger partial charge in [0, 0.05) is 5.39 Å². The molecule has 0 bridgehead atoms. The summed E-state index contributed by atoms with van der Waals surface area (Å²) in [5.41, 5.74) is 1.19. The Bertz CT molecular complexity index is 1040. The van der Waals surface area contributed by atoms with Gasteiger partial charge in [0.25, 0.3) is 5.56 Å². The molecule has 1 amide bonds. The second kappa shape index (κ2) is 7.92. The molecule has 1 aliphatic carbocycles. The second-order valence-corrected chi connectivity index (χ2v) is 7.36. The molecule has 0 saturated heterocycles. The molecule has 4 rings (SSSR count). The molecular weight excluding hydrogens is 357 g/mol.